The number of hydrogen-bond donors (Lipinski definition) is 0. The Balaban J connectivity index is 3.07. The fourth-order valence-corrected chi connectivity index (χ4v) is 3.24. The minimum Gasteiger partial charge on any atom is -0.467 e. The summed E-state index contributed by atoms with van der Waals surface area (Å²) >= 11 is 0. The van der Waals surface area contributed by atoms with E-state index < -0.39 is 5.97 Å². The molecule has 0 saturated heterocycles. The molecule has 0 bridgehead atoms. The van der Waals surface area contributed by atoms with Crippen molar-refractivity contribution in [1.29, 1.82) is 0 Å². The van der Waals surface area contributed by atoms with Crippen molar-refractivity contribution in [2.24, 2.45) is 0 Å². The molecule has 292 valence electrons. The van der Waals surface area contributed by atoms with Crippen molar-refractivity contribution < 1.29 is 80.6 Å². The summed E-state index contributed by atoms with van der Waals surface area (Å²) in [6.07, 6.45) is 0.251. The first-order chi connectivity index (χ1) is 24.2. The molecule has 49 heavy (non-hydrogen) atoms. The topological polar surface area (TPSA) is 173 Å². The molecular weight excluding hydrogens is 656 g/mol. The summed E-state index contributed by atoms with van der Waals surface area (Å²) < 4.78 is 79.4. The summed E-state index contributed by atoms with van der Waals surface area (Å²) in [6, 6.07) is 0. The predicted molar refractivity (Wildman–Crippen MR) is 174 cm³/mol. The van der Waals surface area contributed by atoms with Gasteiger partial charge in [-0.3, -0.25) is 4.79 Å². The van der Waals surface area contributed by atoms with Gasteiger partial charge in [0.25, 0.3) is 0 Å². The van der Waals surface area contributed by atoms with E-state index in [2.05, 4.69) is 4.74 Å². The van der Waals surface area contributed by atoms with Crippen LogP contribution < -0.4 is 0 Å². The molecule has 0 atom stereocenters. The number of rotatable bonds is 42. The smallest absolute Gasteiger partial charge is 0.331 e. The maximum Gasteiger partial charge on any atom is 0.331 e. The number of ether oxygens (including phenoxy) is 15. The highest BCUT2D eigenvalue weighted by atomic mass is 16.6. The molecule has 0 N–H and O–H groups in total. The van der Waals surface area contributed by atoms with Crippen LogP contribution >= 0.6 is 0 Å². The van der Waals surface area contributed by atoms with Gasteiger partial charge in [0, 0.05) is 0 Å². The molecule has 0 aromatic heterocycles. The quantitative estimate of drug-likeness (QED) is 0.0624. The molecule has 0 rings (SSSR count). The van der Waals surface area contributed by atoms with Gasteiger partial charge in [-0.15, -0.1) is 0 Å². The average Bonchev–Trinajstić information content (AvgIpc) is 3.10. The number of carbonyl (C=O) groups excluding carboxylic acids is 2. The van der Waals surface area contributed by atoms with Gasteiger partial charge in [0.1, 0.15) is 6.61 Å². The van der Waals surface area contributed by atoms with E-state index in [9.17, 15) is 9.59 Å². The molecule has 0 aliphatic rings. The van der Waals surface area contributed by atoms with Crippen LogP contribution in [0.2, 0.25) is 0 Å². The minimum absolute atomic E-state index is 0.0749. The lowest BCUT2D eigenvalue weighted by molar-refractivity contribution is -0.146. The van der Waals surface area contributed by atoms with Crippen LogP contribution in [0, 0.1) is 0 Å². The second-order valence-corrected chi connectivity index (χ2v) is 9.53. The van der Waals surface area contributed by atoms with Gasteiger partial charge in [-0.05, 0) is 6.92 Å². The van der Waals surface area contributed by atoms with Crippen LogP contribution in [0.5, 0.6) is 0 Å². The fraction of sp³-hybridized carbons (Fsp3) is 0.938. The number of methoxy groups -OCH3 is 1. The van der Waals surface area contributed by atoms with Gasteiger partial charge < -0.3 is 71.1 Å². The molecule has 0 aromatic carbocycles. The zero-order valence-electron chi connectivity index (χ0n) is 29.7. The second-order valence-electron chi connectivity index (χ2n) is 9.53. The first-order valence-corrected chi connectivity index (χ1v) is 16.9. The van der Waals surface area contributed by atoms with Crippen LogP contribution in [0.25, 0.3) is 0 Å². The highest BCUT2D eigenvalue weighted by molar-refractivity contribution is 5.70. The van der Waals surface area contributed by atoms with Gasteiger partial charge in [0.2, 0.25) is 0 Å². The molecule has 0 heterocycles. The van der Waals surface area contributed by atoms with Crippen LogP contribution in [0.1, 0.15) is 13.3 Å². The maximum absolute atomic E-state index is 11.2. The summed E-state index contributed by atoms with van der Waals surface area (Å²) in [7, 11) is 1.31. The fourth-order valence-electron chi connectivity index (χ4n) is 3.24. The van der Waals surface area contributed by atoms with E-state index >= 15 is 0 Å². The highest BCUT2D eigenvalue weighted by Crippen LogP contribution is 1.90. The summed E-state index contributed by atoms with van der Waals surface area (Å²) in [5, 5.41) is 0. The third kappa shape index (κ3) is 42.5. The standard InChI is InChI=1S/C32H62O17/c1-3-49-31(33)4-5-36-6-7-37-8-9-38-10-11-39-12-13-40-14-15-41-16-17-42-18-19-43-20-21-44-22-23-45-24-25-46-26-27-47-28-29-48-30-32(34)35-2/h3-30H2,1-2H3. The molecule has 0 aromatic rings. The lowest BCUT2D eigenvalue weighted by Gasteiger charge is -2.09. The van der Waals surface area contributed by atoms with Crippen molar-refractivity contribution in [3.8, 4) is 0 Å². The zero-order valence-corrected chi connectivity index (χ0v) is 29.7. The lowest BCUT2D eigenvalue weighted by Crippen LogP contribution is -2.16. The van der Waals surface area contributed by atoms with E-state index in [0.717, 1.165) is 0 Å². The van der Waals surface area contributed by atoms with Crippen molar-refractivity contribution in [2.45, 2.75) is 13.3 Å². The Bertz CT molecular complexity index is 674. The average molecular weight is 719 g/mol. The van der Waals surface area contributed by atoms with Crippen LogP contribution in [-0.2, 0) is 80.6 Å². The molecule has 0 aliphatic carbocycles. The summed E-state index contributed by atoms with van der Waals surface area (Å²) in [5.74, 6) is -0.667. The van der Waals surface area contributed by atoms with Crippen LogP contribution in [0.3, 0.4) is 0 Å². The van der Waals surface area contributed by atoms with E-state index in [-0.39, 0.29) is 19.0 Å². The Kier molecular flexibility index (Phi) is 41.2. The van der Waals surface area contributed by atoms with Gasteiger partial charge in [0.05, 0.1) is 185 Å². The monoisotopic (exact) mass is 718 g/mol. The van der Waals surface area contributed by atoms with E-state index in [1.54, 1.807) is 6.92 Å². The maximum atomic E-state index is 11.2. The van der Waals surface area contributed by atoms with Crippen molar-refractivity contribution in [3.05, 3.63) is 0 Å². The van der Waals surface area contributed by atoms with E-state index in [1.807, 2.05) is 0 Å². The molecule has 0 unspecified atom stereocenters. The van der Waals surface area contributed by atoms with E-state index in [0.29, 0.717) is 172 Å². The number of esters is 2. The van der Waals surface area contributed by atoms with Gasteiger partial charge >= 0.3 is 11.9 Å². The Morgan fingerprint density at radius 1 is 0.327 bits per heavy atom. The Hall–Kier alpha value is -1.58. The normalized spacial score (nSPS) is 11.3. The third-order valence-electron chi connectivity index (χ3n) is 5.67. The first kappa shape index (κ1) is 47.4. The molecular formula is C32H62O17. The molecule has 0 saturated carbocycles. The summed E-state index contributed by atoms with van der Waals surface area (Å²) in [5.41, 5.74) is 0. The van der Waals surface area contributed by atoms with E-state index in [4.69, 9.17) is 66.3 Å². The molecule has 0 aliphatic heterocycles. The predicted octanol–water partition coefficient (Wildman–Crippen LogP) is 0.328. The summed E-state index contributed by atoms with van der Waals surface area (Å²) in [4.78, 5) is 22.0. The first-order valence-electron chi connectivity index (χ1n) is 16.9. The Labute approximate surface area is 291 Å². The Morgan fingerprint density at radius 2 is 0.551 bits per heavy atom. The Morgan fingerprint density at radius 3 is 0.776 bits per heavy atom. The van der Waals surface area contributed by atoms with Crippen molar-refractivity contribution in [2.75, 3.05) is 185 Å². The summed E-state index contributed by atoms with van der Waals surface area (Å²) in [6.45, 7) is 13.6. The van der Waals surface area contributed by atoms with Crippen LogP contribution in [0.4, 0.5) is 0 Å². The van der Waals surface area contributed by atoms with Gasteiger partial charge in [0.15, 0.2) is 0 Å². The minimum atomic E-state index is -0.412. The zero-order chi connectivity index (χ0) is 35.6. The van der Waals surface area contributed by atoms with Gasteiger partial charge in [-0.2, -0.15) is 0 Å². The van der Waals surface area contributed by atoms with Crippen LogP contribution in [0.15, 0.2) is 0 Å². The second kappa shape index (κ2) is 42.6. The third-order valence-corrected chi connectivity index (χ3v) is 5.67. The van der Waals surface area contributed by atoms with Crippen molar-refractivity contribution in [3.63, 3.8) is 0 Å². The van der Waals surface area contributed by atoms with Crippen LogP contribution in [-0.4, -0.2) is 197 Å². The van der Waals surface area contributed by atoms with Crippen molar-refractivity contribution in [1.82, 2.24) is 0 Å². The SMILES string of the molecule is CCOC(=O)CCOCCOCCOCCOCCOCCOCCOCCOCCOCCOCCOCCOCCOCC(=O)OC. The van der Waals surface area contributed by atoms with Gasteiger partial charge in [-0.25, -0.2) is 4.79 Å². The molecule has 0 spiro atoms. The molecule has 17 nitrogen and oxygen atoms in total. The number of hydrogen-bond acceptors (Lipinski definition) is 17. The highest BCUT2D eigenvalue weighted by Gasteiger charge is 2.01. The molecule has 17 heteroatoms. The molecule has 0 amide bonds. The largest absolute Gasteiger partial charge is 0.467 e. The molecule has 0 fully saturated rings. The lowest BCUT2D eigenvalue weighted by atomic mass is 10.5. The van der Waals surface area contributed by atoms with Gasteiger partial charge in [-0.1, -0.05) is 0 Å². The molecule has 0 radical (unpaired) electrons. The van der Waals surface area contributed by atoms with Crippen molar-refractivity contribution >= 4 is 11.9 Å². The number of carbonyl (C=O) groups is 2. The van der Waals surface area contributed by atoms with E-state index in [1.165, 1.54) is 7.11 Å².